The monoisotopic (exact) mass is 152 g/mol. The zero-order chi connectivity index (χ0) is 7.68. The fourth-order valence-corrected chi connectivity index (χ4v) is 2.18. The van der Waals surface area contributed by atoms with E-state index in [1.165, 1.54) is 38.1 Å². The molecule has 11 heavy (non-hydrogen) atoms. The van der Waals surface area contributed by atoms with Gasteiger partial charge in [-0.2, -0.15) is 0 Å². The summed E-state index contributed by atoms with van der Waals surface area (Å²) in [6, 6.07) is 0. The van der Waals surface area contributed by atoms with E-state index in [1.807, 2.05) is 0 Å². The van der Waals surface area contributed by atoms with Crippen molar-refractivity contribution in [2.24, 2.45) is 10.9 Å². The van der Waals surface area contributed by atoms with Crippen molar-refractivity contribution in [1.29, 1.82) is 0 Å². The summed E-state index contributed by atoms with van der Waals surface area (Å²) in [5.74, 6) is 2.20. The minimum atomic E-state index is 0.808. The van der Waals surface area contributed by atoms with Crippen LogP contribution >= 0.6 is 0 Å². The summed E-state index contributed by atoms with van der Waals surface area (Å²) in [7, 11) is 2.18. The molecule has 2 aliphatic heterocycles. The molecule has 62 valence electrons. The van der Waals surface area contributed by atoms with Gasteiger partial charge in [-0.25, -0.2) is 0 Å². The van der Waals surface area contributed by atoms with Gasteiger partial charge < -0.3 is 4.90 Å². The Labute approximate surface area is 68.3 Å². The van der Waals surface area contributed by atoms with E-state index in [9.17, 15) is 0 Å². The number of amidine groups is 1. The highest BCUT2D eigenvalue weighted by Gasteiger charge is 2.25. The number of fused-ring (bicyclic) bond motifs is 1. The lowest BCUT2D eigenvalue weighted by Gasteiger charge is -2.35. The van der Waals surface area contributed by atoms with Crippen molar-refractivity contribution in [3.05, 3.63) is 0 Å². The normalized spacial score (nSPS) is 31.2. The molecule has 2 nitrogen and oxygen atoms in total. The van der Waals surface area contributed by atoms with Crippen LogP contribution in [0.15, 0.2) is 4.99 Å². The third-order valence-electron chi connectivity index (χ3n) is 2.79. The summed E-state index contributed by atoms with van der Waals surface area (Å²) in [6.45, 7) is 2.28. The van der Waals surface area contributed by atoms with E-state index in [0.717, 1.165) is 12.5 Å². The van der Waals surface area contributed by atoms with Crippen molar-refractivity contribution >= 4 is 5.84 Å². The molecule has 0 spiro atoms. The number of aliphatic imine (C=N–C) groups is 1. The lowest BCUT2D eigenvalue weighted by Crippen LogP contribution is -2.40. The van der Waals surface area contributed by atoms with E-state index in [-0.39, 0.29) is 0 Å². The molecule has 0 N–H and O–H groups in total. The number of piperidine rings is 1. The van der Waals surface area contributed by atoms with Crippen molar-refractivity contribution < 1.29 is 0 Å². The third kappa shape index (κ3) is 1.26. The van der Waals surface area contributed by atoms with Crippen molar-refractivity contribution in [2.75, 3.05) is 20.1 Å². The standard InChI is InChI=1S/C9H16N2/c1-11-7-3-5-8-4-2-6-10-9(8)11/h8H,2-7H2,1H3. The molecule has 0 radical (unpaired) electrons. The fraction of sp³-hybridized carbons (Fsp3) is 0.889. The van der Waals surface area contributed by atoms with Gasteiger partial charge in [0.05, 0.1) is 0 Å². The second-order valence-electron chi connectivity index (χ2n) is 3.64. The van der Waals surface area contributed by atoms with Crippen molar-refractivity contribution in [3.8, 4) is 0 Å². The predicted molar refractivity (Wildman–Crippen MR) is 46.9 cm³/mol. The molecule has 1 unspecified atom stereocenters. The Hall–Kier alpha value is -0.530. The minimum absolute atomic E-state index is 0.808. The molecule has 0 aliphatic carbocycles. The van der Waals surface area contributed by atoms with Gasteiger partial charge in [-0.15, -0.1) is 0 Å². The maximum atomic E-state index is 4.58. The summed E-state index contributed by atoms with van der Waals surface area (Å²) in [5, 5.41) is 0. The summed E-state index contributed by atoms with van der Waals surface area (Å²) >= 11 is 0. The maximum Gasteiger partial charge on any atom is 0.102 e. The molecule has 2 rings (SSSR count). The smallest absolute Gasteiger partial charge is 0.102 e. The maximum absolute atomic E-state index is 4.58. The summed E-state index contributed by atoms with van der Waals surface area (Å²) in [4.78, 5) is 6.92. The van der Waals surface area contributed by atoms with Crippen LogP contribution in [-0.4, -0.2) is 30.9 Å². The van der Waals surface area contributed by atoms with Crippen molar-refractivity contribution in [3.63, 3.8) is 0 Å². The first-order valence-electron chi connectivity index (χ1n) is 4.63. The van der Waals surface area contributed by atoms with E-state index in [1.54, 1.807) is 0 Å². The summed E-state index contributed by atoms with van der Waals surface area (Å²) in [6.07, 6.45) is 5.43. The molecule has 1 atom stereocenters. The van der Waals surface area contributed by atoms with Crippen LogP contribution in [0.5, 0.6) is 0 Å². The summed E-state index contributed by atoms with van der Waals surface area (Å²) < 4.78 is 0. The number of nitrogens with zero attached hydrogens (tertiary/aromatic N) is 2. The van der Waals surface area contributed by atoms with E-state index < -0.39 is 0 Å². The SMILES string of the molecule is CN1CCCC2CCCN=C21. The van der Waals surface area contributed by atoms with E-state index in [0.29, 0.717) is 0 Å². The number of hydrogen-bond donors (Lipinski definition) is 0. The van der Waals surface area contributed by atoms with Crippen LogP contribution in [0, 0.1) is 5.92 Å². The Morgan fingerprint density at radius 1 is 1.36 bits per heavy atom. The highest BCUT2D eigenvalue weighted by atomic mass is 15.2. The Balaban J connectivity index is 2.14. The van der Waals surface area contributed by atoms with Gasteiger partial charge in [-0.3, -0.25) is 4.99 Å². The average molecular weight is 152 g/mol. The van der Waals surface area contributed by atoms with Gasteiger partial charge in [0.2, 0.25) is 0 Å². The molecule has 0 aromatic rings. The Kier molecular flexibility index (Phi) is 1.84. The van der Waals surface area contributed by atoms with Gasteiger partial charge in [0, 0.05) is 26.1 Å². The fourth-order valence-electron chi connectivity index (χ4n) is 2.18. The van der Waals surface area contributed by atoms with Crippen LogP contribution in [0.4, 0.5) is 0 Å². The van der Waals surface area contributed by atoms with E-state index >= 15 is 0 Å². The largest absolute Gasteiger partial charge is 0.363 e. The molecule has 0 aromatic carbocycles. The van der Waals surface area contributed by atoms with Gasteiger partial charge in [0.15, 0.2) is 0 Å². The van der Waals surface area contributed by atoms with Gasteiger partial charge >= 0.3 is 0 Å². The first-order chi connectivity index (χ1) is 5.38. The molecule has 2 heterocycles. The topological polar surface area (TPSA) is 15.6 Å². The number of hydrogen-bond acceptors (Lipinski definition) is 2. The molecule has 0 bridgehead atoms. The molecule has 2 heteroatoms. The van der Waals surface area contributed by atoms with Crippen LogP contribution in [0.25, 0.3) is 0 Å². The Bertz CT molecular complexity index is 174. The summed E-state index contributed by atoms with van der Waals surface area (Å²) in [5.41, 5.74) is 0. The van der Waals surface area contributed by atoms with Crippen LogP contribution < -0.4 is 0 Å². The lowest BCUT2D eigenvalue weighted by molar-refractivity contribution is 0.349. The molecule has 0 aromatic heterocycles. The molecule has 0 saturated carbocycles. The zero-order valence-electron chi connectivity index (χ0n) is 7.21. The Morgan fingerprint density at radius 2 is 2.18 bits per heavy atom. The number of rotatable bonds is 0. The quantitative estimate of drug-likeness (QED) is 0.514. The third-order valence-corrected chi connectivity index (χ3v) is 2.79. The molecule has 1 fully saturated rings. The van der Waals surface area contributed by atoms with Crippen molar-refractivity contribution in [2.45, 2.75) is 25.7 Å². The molecule has 0 amide bonds. The van der Waals surface area contributed by atoms with Crippen LogP contribution in [0.2, 0.25) is 0 Å². The average Bonchev–Trinajstić information content (AvgIpc) is 2.06. The van der Waals surface area contributed by atoms with Gasteiger partial charge in [0.25, 0.3) is 0 Å². The van der Waals surface area contributed by atoms with E-state index in [2.05, 4.69) is 16.9 Å². The minimum Gasteiger partial charge on any atom is -0.363 e. The predicted octanol–water partition coefficient (Wildman–Crippen LogP) is 1.52. The second kappa shape index (κ2) is 2.84. The Morgan fingerprint density at radius 3 is 3.00 bits per heavy atom. The zero-order valence-corrected chi connectivity index (χ0v) is 7.21. The highest BCUT2D eigenvalue weighted by molar-refractivity contribution is 5.85. The van der Waals surface area contributed by atoms with Gasteiger partial charge in [-0.1, -0.05) is 0 Å². The van der Waals surface area contributed by atoms with Crippen LogP contribution in [-0.2, 0) is 0 Å². The molecule has 2 aliphatic rings. The number of likely N-dealkylation sites (tertiary alicyclic amines) is 1. The van der Waals surface area contributed by atoms with Gasteiger partial charge in [-0.05, 0) is 25.7 Å². The first kappa shape index (κ1) is 7.14. The van der Waals surface area contributed by atoms with Gasteiger partial charge in [0.1, 0.15) is 5.84 Å². The second-order valence-corrected chi connectivity index (χ2v) is 3.64. The van der Waals surface area contributed by atoms with Crippen LogP contribution in [0.1, 0.15) is 25.7 Å². The van der Waals surface area contributed by atoms with Crippen molar-refractivity contribution in [1.82, 2.24) is 4.90 Å². The molecule has 1 saturated heterocycles. The van der Waals surface area contributed by atoms with Crippen LogP contribution in [0.3, 0.4) is 0 Å². The first-order valence-corrected chi connectivity index (χ1v) is 4.63. The molecular weight excluding hydrogens is 136 g/mol. The van der Waals surface area contributed by atoms with E-state index in [4.69, 9.17) is 0 Å². The lowest BCUT2D eigenvalue weighted by atomic mass is 9.90. The molecular formula is C9H16N2. The highest BCUT2D eigenvalue weighted by Crippen LogP contribution is 2.25.